The van der Waals surface area contributed by atoms with E-state index in [0.29, 0.717) is 25.6 Å². The molecule has 0 bridgehead atoms. The molecule has 7 heteroatoms. The molecule has 110 valence electrons. The summed E-state index contributed by atoms with van der Waals surface area (Å²) in [5.41, 5.74) is 1.80. The highest BCUT2D eigenvalue weighted by Gasteiger charge is 2.13. The lowest BCUT2D eigenvalue weighted by atomic mass is 10.3. The number of hydrogen-bond donors (Lipinski definition) is 1. The number of ether oxygens (including phenoxy) is 1. The van der Waals surface area contributed by atoms with Crippen LogP contribution in [0.25, 0.3) is 11.0 Å². The van der Waals surface area contributed by atoms with E-state index in [1.807, 2.05) is 29.2 Å². The van der Waals surface area contributed by atoms with Gasteiger partial charge in [0.1, 0.15) is 9.84 Å². The van der Waals surface area contributed by atoms with Crippen molar-refractivity contribution in [3.8, 4) is 0 Å². The first-order valence-electron chi connectivity index (χ1n) is 6.36. The van der Waals surface area contributed by atoms with E-state index in [2.05, 4.69) is 9.97 Å². The average molecular weight is 297 g/mol. The molecule has 0 saturated carbocycles. The second-order valence-corrected chi connectivity index (χ2v) is 6.95. The first kappa shape index (κ1) is 14.8. The summed E-state index contributed by atoms with van der Waals surface area (Å²) in [6, 6.07) is 7.71. The Morgan fingerprint density at radius 1 is 1.30 bits per heavy atom. The number of hydrogen-bond acceptors (Lipinski definition) is 5. The van der Waals surface area contributed by atoms with E-state index >= 15 is 0 Å². The summed E-state index contributed by atoms with van der Waals surface area (Å²) >= 11 is 0. The summed E-state index contributed by atoms with van der Waals surface area (Å²) in [4.78, 5) is 9.59. The normalized spacial score (nSPS) is 11.9. The van der Waals surface area contributed by atoms with Gasteiger partial charge in [0.25, 0.3) is 0 Å². The first-order chi connectivity index (χ1) is 9.49. The van der Waals surface area contributed by atoms with Gasteiger partial charge in [0.05, 0.1) is 23.4 Å². The number of fused-ring (bicyclic) bond motifs is 1. The molecule has 0 radical (unpaired) electrons. The van der Waals surface area contributed by atoms with Crippen LogP contribution in [-0.2, 0) is 14.6 Å². The average Bonchev–Trinajstić information content (AvgIpc) is 2.81. The Kier molecular flexibility index (Phi) is 4.61. The van der Waals surface area contributed by atoms with E-state index in [1.165, 1.54) is 6.26 Å². The summed E-state index contributed by atoms with van der Waals surface area (Å²) < 4.78 is 27.7. The van der Waals surface area contributed by atoms with Crippen LogP contribution in [-0.4, -0.2) is 57.2 Å². The van der Waals surface area contributed by atoms with Crippen LogP contribution in [0.1, 0.15) is 0 Å². The van der Waals surface area contributed by atoms with Gasteiger partial charge >= 0.3 is 0 Å². The van der Waals surface area contributed by atoms with Crippen molar-refractivity contribution in [3.63, 3.8) is 0 Å². The molecule has 0 atom stereocenters. The number of anilines is 1. The highest BCUT2D eigenvalue weighted by Crippen LogP contribution is 2.16. The Labute approximate surface area is 118 Å². The molecule has 1 N–H and O–H groups in total. The van der Waals surface area contributed by atoms with Gasteiger partial charge in [-0.2, -0.15) is 0 Å². The molecule has 0 aliphatic heterocycles. The largest absolute Gasteiger partial charge is 0.383 e. The zero-order chi connectivity index (χ0) is 14.6. The van der Waals surface area contributed by atoms with Crippen molar-refractivity contribution in [1.82, 2.24) is 9.97 Å². The maximum Gasteiger partial charge on any atom is 0.203 e. The number of nitrogens with one attached hydrogen (secondary N) is 1. The monoisotopic (exact) mass is 297 g/mol. The zero-order valence-corrected chi connectivity index (χ0v) is 12.5. The number of sulfone groups is 1. The topological polar surface area (TPSA) is 75.3 Å². The fraction of sp³-hybridized carbons (Fsp3) is 0.462. The standard InChI is InChI=1S/C13H19N3O3S/c1-19-9-7-16(8-10-20(2,17)18)13-14-11-5-3-4-6-12(11)15-13/h3-6H,7-10H2,1-2H3,(H,14,15). The number of nitrogens with zero attached hydrogens (tertiary/aromatic N) is 2. The number of para-hydroxylation sites is 2. The summed E-state index contributed by atoms with van der Waals surface area (Å²) in [5, 5.41) is 0. The molecule has 0 fully saturated rings. The predicted molar refractivity (Wildman–Crippen MR) is 79.9 cm³/mol. The summed E-state index contributed by atoms with van der Waals surface area (Å²) in [7, 11) is -1.39. The number of methoxy groups -OCH3 is 1. The third-order valence-corrected chi connectivity index (χ3v) is 3.90. The van der Waals surface area contributed by atoms with Crippen molar-refractivity contribution in [2.75, 3.05) is 43.7 Å². The van der Waals surface area contributed by atoms with Crippen LogP contribution in [0.2, 0.25) is 0 Å². The lowest BCUT2D eigenvalue weighted by molar-refractivity contribution is 0.205. The molecule has 1 heterocycles. The molecule has 2 aromatic rings. The highest BCUT2D eigenvalue weighted by molar-refractivity contribution is 7.90. The molecule has 0 saturated heterocycles. The van der Waals surface area contributed by atoms with Gasteiger partial charge in [0.2, 0.25) is 5.95 Å². The summed E-state index contributed by atoms with van der Waals surface area (Å²) in [6.07, 6.45) is 1.24. The molecule has 2 rings (SSSR count). The van der Waals surface area contributed by atoms with Gasteiger partial charge < -0.3 is 14.6 Å². The Morgan fingerprint density at radius 3 is 2.70 bits per heavy atom. The Morgan fingerprint density at radius 2 is 2.05 bits per heavy atom. The SMILES string of the molecule is COCCN(CCS(C)(=O)=O)c1nc2ccccc2[nH]1. The number of aromatic nitrogens is 2. The number of aromatic amines is 1. The summed E-state index contributed by atoms with van der Waals surface area (Å²) in [5.74, 6) is 0.764. The third kappa shape index (κ3) is 3.94. The van der Waals surface area contributed by atoms with Crippen molar-refractivity contribution in [3.05, 3.63) is 24.3 Å². The van der Waals surface area contributed by atoms with Crippen LogP contribution in [0.5, 0.6) is 0 Å². The van der Waals surface area contributed by atoms with Crippen LogP contribution < -0.4 is 4.90 Å². The highest BCUT2D eigenvalue weighted by atomic mass is 32.2. The van der Waals surface area contributed by atoms with Crippen LogP contribution in [0, 0.1) is 0 Å². The fourth-order valence-electron chi connectivity index (χ4n) is 1.89. The Hall–Kier alpha value is -1.60. The van der Waals surface area contributed by atoms with Gasteiger partial charge in [-0.15, -0.1) is 0 Å². The number of rotatable bonds is 7. The minimum absolute atomic E-state index is 0.0910. The molecular weight excluding hydrogens is 278 g/mol. The zero-order valence-electron chi connectivity index (χ0n) is 11.7. The second kappa shape index (κ2) is 6.23. The van der Waals surface area contributed by atoms with Gasteiger partial charge in [-0.3, -0.25) is 0 Å². The van der Waals surface area contributed by atoms with Crippen LogP contribution in [0.3, 0.4) is 0 Å². The molecule has 20 heavy (non-hydrogen) atoms. The lowest BCUT2D eigenvalue weighted by Gasteiger charge is -2.20. The molecule has 0 unspecified atom stereocenters. The summed E-state index contributed by atoms with van der Waals surface area (Å²) in [6.45, 7) is 1.49. The lowest BCUT2D eigenvalue weighted by Crippen LogP contribution is -2.32. The van der Waals surface area contributed by atoms with E-state index < -0.39 is 9.84 Å². The molecule has 1 aromatic heterocycles. The van der Waals surface area contributed by atoms with Gasteiger partial charge in [-0.05, 0) is 12.1 Å². The minimum atomic E-state index is -3.01. The van der Waals surface area contributed by atoms with Crippen molar-refractivity contribution >= 4 is 26.8 Å². The van der Waals surface area contributed by atoms with Gasteiger partial charge in [-0.25, -0.2) is 13.4 Å². The number of imidazole rings is 1. The van der Waals surface area contributed by atoms with Gasteiger partial charge in [0.15, 0.2) is 0 Å². The van der Waals surface area contributed by atoms with Gasteiger partial charge in [0, 0.05) is 26.5 Å². The van der Waals surface area contributed by atoms with Crippen molar-refractivity contribution in [1.29, 1.82) is 0 Å². The molecule has 0 aliphatic carbocycles. The van der Waals surface area contributed by atoms with Crippen LogP contribution >= 0.6 is 0 Å². The molecule has 6 nitrogen and oxygen atoms in total. The van der Waals surface area contributed by atoms with E-state index in [-0.39, 0.29) is 5.75 Å². The third-order valence-electron chi connectivity index (χ3n) is 2.97. The van der Waals surface area contributed by atoms with Crippen LogP contribution in [0.4, 0.5) is 5.95 Å². The van der Waals surface area contributed by atoms with Gasteiger partial charge in [-0.1, -0.05) is 12.1 Å². The van der Waals surface area contributed by atoms with Crippen molar-refractivity contribution < 1.29 is 13.2 Å². The Bertz CT molecular complexity index is 633. The predicted octanol–water partition coefficient (Wildman–Crippen LogP) is 1.06. The maximum atomic E-state index is 11.3. The van der Waals surface area contributed by atoms with Crippen LogP contribution in [0.15, 0.2) is 24.3 Å². The van der Waals surface area contributed by atoms with E-state index in [9.17, 15) is 8.42 Å². The number of H-pyrrole nitrogens is 1. The molecular formula is C13H19N3O3S. The molecule has 1 aromatic carbocycles. The molecule has 0 amide bonds. The molecule has 0 aliphatic rings. The fourth-order valence-corrected chi connectivity index (χ4v) is 2.44. The van der Waals surface area contributed by atoms with Crippen molar-refractivity contribution in [2.45, 2.75) is 0 Å². The quantitative estimate of drug-likeness (QED) is 0.827. The van der Waals surface area contributed by atoms with Crippen molar-refractivity contribution in [2.24, 2.45) is 0 Å². The smallest absolute Gasteiger partial charge is 0.203 e. The Balaban J connectivity index is 2.20. The first-order valence-corrected chi connectivity index (χ1v) is 8.42. The maximum absolute atomic E-state index is 11.3. The van der Waals surface area contributed by atoms with E-state index in [4.69, 9.17) is 4.74 Å². The van der Waals surface area contributed by atoms with E-state index in [0.717, 1.165) is 11.0 Å². The molecule has 0 spiro atoms. The number of benzene rings is 1. The second-order valence-electron chi connectivity index (χ2n) is 4.69. The van der Waals surface area contributed by atoms with E-state index in [1.54, 1.807) is 7.11 Å². The minimum Gasteiger partial charge on any atom is -0.383 e.